The maximum absolute atomic E-state index is 15.7. The number of esters is 2. The summed E-state index contributed by atoms with van der Waals surface area (Å²) in [5, 5.41) is 42.5. The Balaban J connectivity index is 1.38. The molecule has 1 amide bonds. The fraction of sp³-hybridized carbons (Fsp3) is 0.529. The Morgan fingerprint density at radius 2 is 1.45 bits per heavy atom. The number of fused-ring (bicyclic) bond motifs is 5. The molecule has 2 saturated carbocycles. The highest BCUT2D eigenvalue weighted by Crippen LogP contribution is 2.64. The van der Waals surface area contributed by atoms with Crippen molar-refractivity contribution in [2.45, 2.75) is 133 Å². The van der Waals surface area contributed by atoms with Gasteiger partial charge in [0.1, 0.15) is 29.5 Å². The second-order valence-electron chi connectivity index (χ2n) is 19.1. The molecule has 3 aromatic carbocycles. The number of aliphatic hydroxyl groups excluding tert-OH is 1. The van der Waals surface area contributed by atoms with E-state index >= 15 is 4.79 Å². The van der Waals surface area contributed by atoms with Gasteiger partial charge in [-0.05, 0) is 79.2 Å². The van der Waals surface area contributed by atoms with E-state index in [0.29, 0.717) is 16.7 Å². The van der Waals surface area contributed by atoms with Crippen molar-refractivity contribution < 1.29 is 57.9 Å². The molecule has 0 spiro atoms. The molecule has 2 bridgehead atoms. The number of aliphatic hydroxyl groups is 3. The number of hydrogen-bond donors (Lipinski definition) is 4. The zero-order chi connectivity index (χ0) is 47.8. The minimum absolute atomic E-state index is 0.0420. The van der Waals surface area contributed by atoms with Crippen molar-refractivity contribution in [3.05, 3.63) is 119 Å². The van der Waals surface area contributed by atoms with Gasteiger partial charge >= 0.3 is 11.9 Å². The van der Waals surface area contributed by atoms with E-state index in [1.165, 1.54) is 11.8 Å². The van der Waals surface area contributed by atoms with Gasteiger partial charge in [-0.3, -0.25) is 9.59 Å². The predicted molar refractivity (Wildman–Crippen MR) is 252 cm³/mol. The number of amides is 1. The Morgan fingerprint density at radius 3 is 2.00 bits per heavy atom. The third kappa shape index (κ3) is 8.52. The number of ether oxygens (including phenoxy) is 4. The molecule has 1 saturated heterocycles. The van der Waals surface area contributed by atoms with Crippen molar-refractivity contribution in [3.63, 3.8) is 0 Å². The third-order valence-corrected chi connectivity index (χ3v) is 20.6. The molecular formula is C51H65NO12SSi. The lowest BCUT2D eigenvalue weighted by atomic mass is 9.44. The van der Waals surface area contributed by atoms with E-state index in [9.17, 15) is 29.7 Å². The molecule has 1 heterocycles. The van der Waals surface area contributed by atoms with Gasteiger partial charge in [-0.2, -0.15) is 0 Å². The van der Waals surface area contributed by atoms with Gasteiger partial charge in [-0.25, -0.2) is 9.59 Å². The smallest absolute Gasteiger partial charge is 0.338 e. The summed E-state index contributed by atoms with van der Waals surface area (Å²) in [5.74, 6) is -4.16. The Labute approximate surface area is 393 Å². The van der Waals surface area contributed by atoms with E-state index < -0.39 is 103 Å². The standard InChI is InChI=1S/C51H65NO12SSi/c1-9-66(10-2,11-3)64-36-27-37-50(58,29-60-37)42-44(63-46(56)34-25-19-14-20-26-34)51(59)28-35(31(4)38(48(51,5)6)40(53)43(54)49(36,42)7)62-47(57)41(61-30-65-8)39(32-21-15-12-16-22-32)52-45(55)33-23-17-13-18-24-33/h12-26,35-37,39-42,44,53,58-59H,9-11,27-30H2,1-8H3,(H,52,55)/t35?,36?,37?,39?,40?,41?,42?,44?,49-,50?,51?/m1/s1. The second-order valence-corrected chi connectivity index (χ2v) is 24.6. The number of benzene rings is 3. The summed E-state index contributed by atoms with van der Waals surface area (Å²) in [6.07, 6.45) is -6.46. The van der Waals surface area contributed by atoms with Crippen LogP contribution in [0.1, 0.15) is 93.6 Å². The minimum Gasteiger partial charge on any atom is -0.456 e. The first-order valence-corrected chi connectivity index (χ1v) is 26.9. The van der Waals surface area contributed by atoms with E-state index in [2.05, 4.69) is 26.1 Å². The van der Waals surface area contributed by atoms with E-state index in [-0.39, 0.29) is 36.5 Å². The first-order valence-electron chi connectivity index (χ1n) is 23.0. The number of thioether (sulfide) groups is 1. The van der Waals surface area contributed by atoms with E-state index in [1.807, 2.05) is 6.07 Å². The van der Waals surface area contributed by atoms with Crippen LogP contribution in [0.5, 0.6) is 0 Å². The lowest BCUT2D eigenvalue weighted by Crippen LogP contribution is -2.81. The molecule has 1 aliphatic heterocycles. The van der Waals surface area contributed by atoms with Gasteiger partial charge in [-0.1, -0.05) is 101 Å². The van der Waals surface area contributed by atoms with Crippen LogP contribution in [-0.2, 0) is 33.0 Å². The number of rotatable bonds is 16. The molecule has 10 unspecified atom stereocenters. The van der Waals surface area contributed by atoms with Crippen LogP contribution in [0.15, 0.2) is 102 Å². The van der Waals surface area contributed by atoms with Crippen LogP contribution in [0.2, 0.25) is 18.1 Å². The molecule has 4 N–H and O–H groups in total. The number of ketones is 1. The maximum Gasteiger partial charge on any atom is 0.338 e. The van der Waals surface area contributed by atoms with Crippen LogP contribution in [-0.4, -0.2) is 114 Å². The average molecular weight is 944 g/mol. The number of carbonyl (C=O) groups is 4. The van der Waals surface area contributed by atoms with Gasteiger partial charge < -0.3 is 44.0 Å². The van der Waals surface area contributed by atoms with Gasteiger partial charge in [0.15, 0.2) is 20.2 Å². The molecule has 7 rings (SSSR count). The van der Waals surface area contributed by atoms with Gasteiger partial charge in [0, 0.05) is 29.7 Å². The first-order chi connectivity index (χ1) is 31.4. The molecule has 66 heavy (non-hydrogen) atoms. The van der Waals surface area contributed by atoms with Crippen molar-refractivity contribution in [3.8, 4) is 0 Å². The van der Waals surface area contributed by atoms with Crippen molar-refractivity contribution in [1.82, 2.24) is 5.32 Å². The highest BCUT2D eigenvalue weighted by molar-refractivity contribution is 7.98. The van der Waals surface area contributed by atoms with Crippen LogP contribution < -0.4 is 5.32 Å². The summed E-state index contributed by atoms with van der Waals surface area (Å²) in [7, 11) is -2.52. The van der Waals surface area contributed by atoms with Crippen LogP contribution >= 0.6 is 11.8 Å². The maximum atomic E-state index is 15.7. The summed E-state index contributed by atoms with van der Waals surface area (Å²) in [6.45, 7) is 12.6. The van der Waals surface area contributed by atoms with E-state index in [4.69, 9.17) is 23.4 Å². The quantitative estimate of drug-likeness (QED) is 0.0500. The molecule has 13 nitrogen and oxygen atoms in total. The Kier molecular flexibility index (Phi) is 14.6. The molecule has 11 atom stereocenters. The summed E-state index contributed by atoms with van der Waals surface area (Å²) in [5.41, 5.74) is -5.81. The van der Waals surface area contributed by atoms with Gasteiger partial charge in [0.05, 0.1) is 41.8 Å². The summed E-state index contributed by atoms with van der Waals surface area (Å²) in [4.78, 5) is 58.8. The normalized spacial score (nSPS) is 31.2. The molecular weight excluding hydrogens is 879 g/mol. The van der Waals surface area contributed by atoms with E-state index in [0.717, 1.165) is 18.1 Å². The Morgan fingerprint density at radius 1 is 0.879 bits per heavy atom. The first kappa shape index (κ1) is 49.7. The SMILES string of the molecule is CC[Si](CC)(CC)OC1CC2OCC2(O)C2C(OC(=O)c3ccccc3)C3(O)CC(OC(=O)C(OCSC)C(NC(=O)c4ccccc4)c4ccccc4)C(C)=C(C(O)C(=O)[C@]12C)C3(C)C. The van der Waals surface area contributed by atoms with Crippen LogP contribution in [0.3, 0.4) is 0 Å². The highest BCUT2D eigenvalue weighted by atomic mass is 32.2. The van der Waals surface area contributed by atoms with Crippen molar-refractivity contribution >= 4 is 43.7 Å². The van der Waals surface area contributed by atoms with Crippen molar-refractivity contribution in [1.29, 1.82) is 0 Å². The van der Waals surface area contributed by atoms with Crippen LogP contribution in [0.25, 0.3) is 0 Å². The lowest BCUT2D eigenvalue weighted by molar-refractivity contribution is -0.342. The second kappa shape index (κ2) is 19.4. The number of nitrogens with one attached hydrogen (secondary N) is 1. The van der Waals surface area contributed by atoms with Crippen molar-refractivity contribution in [2.75, 3.05) is 18.8 Å². The molecule has 356 valence electrons. The largest absolute Gasteiger partial charge is 0.456 e. The fourth-order valence-electron chi connectivity index (χ4n) is 11.3. The number of Topliss-reactive ketones (excluding diaryl/α,β-unsaturated/α-hetero) is 1. The molecule has 3 fully saturated rings. The molecule has 3 aromatic rings. The lowest BCUT2D eigenvalue weighted by Gasteiger charge is -2.67. The summed E-state index contributed by atoms with van der Waals surface area (Å²) < 4.78 is 32.5. The highest BCUT2D eigenvalue weighted by Gasteiger charge is 2.77. The number of carbonyl (C=O) groups excluding carboxylic acids is 4. The van der Waals surface area contributed by atoms with Crippen molar-refractivity contribution in [2.24, 2.45) is 16.7 Å². The molecule has 0 radical (unpaired) electrons. The van der Waals surface area contributed by atoms with Crippen LogP contribution in [0.4, 0.5) is 0 Å². The summed E-state index contributed by atoms with van der Waals surface area (Å²) >= 11 is 1.31. The van der Waals surface area contributed by atoms with Gasteiger partial charge in [0.25, 0.3) is 5.91 Å². The molecule has 4 aliphatic rings. The van der Waals surface area contributed by atoms with E-state index in [1.54, 1.807) is 119 Å². The Hall–Kier alpha value is -4.19. The topological polar surface area (TPSA) is 187 Å². The molecule has 3 aliphatic carbocycles. The van der Waals surface area contributed by atoms with Gasteiger partial charge in [0.2, 0.25) is 0 Å². The van der Waals surface area contributed by atoms with Gasteiger partial charge in [-0.15, -0.1) is 11.8 Å². The third-order valence-electron chi connectivity index (χ3n) is 15.6. The minimum atomic E-state index is -2.52. The summed E-state index contributed by atoms with van der Waals surface area (Å²) in [6, 6.07) is 26.9. The monoisotopic (exact) mass is 943 g/mol. The average Bonchev–Trinajstić information content (AvgIpc) is 3.32. The molecule has 15 heteroatoms. The fourth-order valence-corrected chi connectivity index (χ4v) is 14.5. The molecule has 0 aromatic heterocycles. The zero-order valence-electron chi connectivity index (χ0n) is 39.2. The zero-order valence-corrected chi connectivity index (χ0v) is 41.0. The van der Waals surface area contributed by atoms with Crippen LogP contribution in [0, 0.1) is 16.7 Å². The predicted octanol–water partition coefficient (Wildman–Crippen LogP) is 6.97. The number of hydrogen-bond acceptors (Lipinski definition) is 13. The Bertz CT molecular complexity index is 2270.